The number of hydrogen-bond acceptors (Lipinski definition) is 5. The van der Waals surface area contributed by atoms with Gasteiger partial charge >= 0.3 is 0 Å². The van der Waals surface area contributed by atoms with Crippen molar-refractivity contribution in [1.29, 1.82) is 0 Å². The minimum absolute atomic E-state index is 0.0810. The van der Waals surface area contributed by atoms with E-state index in [2.05, 4.69) is 10.6 Å². The van der Waals surface area contributed by atoms with Crippen LogP contribution in [0.4, 0.5) is 0 Å². The summed E-state index contributed by atoms with van der Waals surface area (Å²) in [5.41, 5.74) is 0. The first-order valence-corrected chi connectivity index (χ1v) is 9.24. The number of nitrogens with zero attached hydrogens (tertiary/aromatic N) is 1. The molecule has 1 aliphatic rings. The van der Waals surface area contributed by atoms with Crippen molar-refractivity contribution in [3.63, 3.8) is 0 Å². The summed E-state index contributed by atoms with van der Waals surface area (Å²) < 4.78 is 25.4. The van der Waals surface area contributed by atoms with Crippen LogP contribution >= 0.6 is 11.3 Å². The number of amides is 1. The lowest BCUT2D eigenvalue weighted by Crippen LogP contribution is -2.29. The molecule has 2 N–H and O–H groups in total. The number of nitrogens with one attached hydrogen (secondary N) is 2. The molecule has 0 saturated carbocycles. The first kappa shape index (κ1) is 16.4. The van der Waals surface area contributed by atoms with Crippen LogP contribution in [0.2, 0.25) is 0 Å². The van der Waals surface area contributed by atoms with E-state index in [9.17, 15) is 13.2 Å². The van der Waals surface area contributed by atoms with Gasteiger partial charge in [0.15, 0.2) is 0 Å². The van der Waals surface area contributed by atoms with E-state index in [0.717, 1.165) is 41.6 Å². The van der Waals surface area contributed by atoms with E-state index in [-0.39, 0.29) is 15.7 Å². The minimum Gasteiger partial charge on any atom is -0.351 e. The van der Waals surface area contributed by atoms with Crippen LogP contribution in [0.3, 0.4) is 0 Å². The molecule has 1 saturated heterocycles. The summed E-state index contributed by atoms with van der Waals surface area (Å²) in [6, 6.07) is 1.48. The maximum Gasteiger partial charge on any atom is 0.262 e. The second-order valence-corrected chi connectivity index (χ2v) is 8.34. The van der Waals surface area contributed by atoms with E-state index in [1.54, 1.807) is 5.38 Å². The molecule has 21 heavy (non-hydrogen) atoms. The van der Waals surface area contributed by atoms with Crippen LogP contribution < -0.4 is 10.6 Å². The van der Waals surface area contributed by atoms with Gasteiger partial charge in [0.2, 0.25) is 10.0 Å². The number of hydrogen-bond donors (Lipinski definition) is 2. The highest BCUT2D eigenvalue weighted by Gasteiger charge is 2.26. The predicted molar refractivity (Wildman–Crippen MR) is 83.1 cm³/mol. The van der Waals surface area contributed by atoms with Crippen LogP contribution in [0, 0.1) is 5.92 Å². The number of rotatable bonds is 6. The van der Waals surface area contributed by atoms with Gasteiger partial charge in [-0.1, -0.05) is 0 Å². The van der Waals surface area contributed by atoms with E-state index in [0.29, 0.717) is 12.5 Å². The van der Waals surface area contributed by atoms with Gasteiger partial charge in [0.05, 0.1) is 0 Å². The summed E-state index contributed by atoms with van der Waals surface area (Å²) >= 11 is 1.15. The Morgan fingerprint density at radius 3 is 2.90 bits per heavy atom. The molecule has 1 aromatic rings. The number of carbonyl (C=O) groups excluding carboxylic acids is 1. The van der Waals surface area contributed by atoms with Crippen molar-refractivity contribution in [1.82, 2.24) is 14.9 Å². The lowest BCUT2D eigenvalue weighted by Gasteiger charge is -2.12. The first-order chi connectivity index (χ1) is 9.93. The summed E-state index contributed by atoms with van der Waals surface area (Å²) in [5.74, 6) is 0.287. The van der Waals surface area contributed by atoms with Gasteiger partial charge in [-0.15, -0.1) is 11.3 Å². The van der Waals surface area contributed by atoms with Crippen molar-refractivity contribution in [2.75, 3.05) is 33.7 Å². The molecule has 1 fully saturated rings. The van der Waals surface area contributed by atoms with E-state index in [1.807, 2.05) is 0 Å². The molecule has 1 aromatic heterocycles. The molecule has 0 radical (unpaired) electrons. The van der Waals surface area contributed by atoms with Crippen LogP contribution in [0.25, 0.3) is 0 Å². The van der Waals surface area contributed by atoms with E-state index >= 15 is 0 Å². The van der Waals surface area contributed by atoms with Crippen LogP contribution in [0.1, 0.15) is 22.5 Å². The maximum absolute atomic E-state index is 12.2. The van der Waals surface area contributed by atoms with Crippen molar-refractivity contribution >= 4 is 27.3 Å². The molecule has 0 aliphatic carbocycles. The van der Waals surface area contributed by atoms with Gasteiger partial charge < -0.3 is 10.6 Å². The second kappa shape index (κ2) is 6.87. The highest BCUT2D eigenvalue weighted by molar-refractivity contribution is 7.89. The zero-order chi connectivity index (χ0) is 15.5. The molecule has 2 heterocycles. The normalized spacial score (nSPS) is 19.1. The zero-order valence-corrected chi connectivity index (χ0v) is 13.9. The first-order valence-electron chi connectivity index (χ1n) is 6.92. The average molecular weight is 331 g/mol. The lowest BCUT2D eigenvalue weighted by molar-refractivity contribution is 0.0952. The summed E-state index contributed by atoms with van der Waals surface area (Å²) in [4.78, 5) is 12.5. The third-order valence-electron chi connectivity index (χ3n) is 3.59. The van der Waals surface area contributed by atoms with E-state index in [4.69, 9.17) is 0 Å². The van der Waals surface area contributed by atoms with Crippen molar-refractivity contribution in [2.24, 2.45) is 5.92 Å². The van der Waals surface area contributed by atoms with Crippen LogP contribution in [0.5, 0.6) is 0 Å². The number of carbonyl (C=O) groups is 1. The maximum atomic E-state index is 12.2. The summed E-state index contributed by atoms with van der Waals surface area (Å²) in [6.45, 7) is 2.61. The highest BCUT2D eigenvalue weighted by Crippen LogP contribution is 2.24. The smallest absolute Gasteiger partial charge is 0.262 e. The molecule has 1 unspecified atom stereocenters. The Morgan fingerprint density at radius 2 is 2.29 bits per heavy atom. The Hall–Kier alpha value is -0.960. The van der Waals surface area contributed by atoms with Crippen molar-refractivity contribution < 1.29 is 13.2 Å². The molecule has 0 bridgehead atoms. The Balaban J connectivity index is 1.98. The van der Waals surface area contributed by atoms with Crippen LogP contribution in [-0.4, -0.2) is 52.4 Å². The quantitative estimate of drug-likeness (QED) is 0.805. The largest absolute Gasteiger partial charge is 0.351 e. The topological polar surface area (TPSA) is 78.5 Å². The van der Waals surface area contributed by atoms with Gasteiger partial charge in [-0.05, 0) is 43.3 Å². The van der Waals surface area contributed by atoms with Crippen LogP contribution in [0.15, 0.2) is 16.3 Å². The molecule has 8 heteroatoms. The molecular formula is C13H21N3O3S2. The van der Waals surface area contributed by atoms with E-state index in [1.165, 1.54) is 20.2 Å². The van der Waals surface area contributed by atoms with Crippen molar-refractivity contribution in [3.05, 3.63) is 16.3 Å². The Kier molecular flexibility index (Phi) is 5.37. The fourth-order valence-electron chi connectivity index (χ4n) is 2.29. The third-order valence-corrected chi connectivity index (χ3v) is 6.49. The molecule has 1 atom stereocenters. The van der Waals surface area contributed by atoms with Crippen LogP contribution in [-0.2, 0) is 10.0 Å². The predicted octanol–water partition coefficient (Wildman–Crippen LogP) is 0.728. The highest BCUT2D eigenvalue weighted by atomic mass is 32.2. The standard InChI is InChI=1S/C13H21N3O3S2/c1-16(2)21(18,19)11-5-8-20-12(11)13(17)15-7-4-10-3-6-14-9-10/h5,8,10,14H,3-4,6-7,9H2,1-2H3,(H,15,17). The molecule has 118 valence electrons. The van der Waals surface area contributed by atoms with Crippen molar-refractivity contribution in [3.8, 4) is 0 Å². The van der Waals surface area contributed by atoms with Gasteiger partial charge in [-0.2, -0.15) is 0 Å². The summed E-state index contributed by atoms with van der Waals surface area (Å²) in [6.07, 6.45) is 2.05. The minimum atomic E-state index is -3.58. The third kappa shape index (κ3) is 3.82. The Morgan fingerprint density at radius 1 is 1.52 bits per heavy atom. The monoisotopic (exact) mass is 331 g/mol. The fourth-order valence-corrected chi connectivity index (χ4v) is 4.50. The SMILES string of the molecule is CN(C)S(=O)(=O)c1ccsc1C(=O)NCCC1CCNC1. The molecule has 6 nitrogen and oxygen atoms in total. The zero-order valence-electron chi connectivity index (χ0n) is 12.3. The molecule has 0 spiro atoms. The Labute approximate surface area is 129 Å². The Bertz CT molecular complexity index is 590. The lowest BCUT2D eigenvalue weighted by atomic mass is 10.1. The van der Waals surface area contributed by atoms with Gasteiger partial charge in [-0.25, -0.2) is 12.7 Å². The second-order valence-electron chi connectivity index (χ2n) is 5.30. The molecular weight excluding hydrogens is 310 g/mol. The molecule has 0 aromatic carbocycles. The van der Waals surface area contributed by atoms with E-state index < -0.39 is 10.0 Å². The fraction of sp³-hybridized carbons (Fsp3) is 0.615. The van der Waals surface area contributed by atoms with Crippen molar-refractivity contribution in [2.45, 2.75) is 17.7 Å². The summed E-state index contributed by atoms with van der Waals surface area (Å²) in [7, 11) is -0.657. The molecule has 1 amide bonds. The van der Waals surface area contributed by atoms with Gasteiger partial charge in [0, 0.05) is 20.6 Å². The number of sulfonamides is 1. The van der Waals surface area contributed by atoms with Gasteiger partial charge in [-0.3, -0.25) is 4.79 Å². The number of thiophene rings is 1. The molecule has 1 aliphatic heterocycles. The molecule has 2 rings (SSSR count). The summed E-state index contributed by atoms with van der Waals surface area (Å²) in [5, 5.41) is 7.74. The van der Waals surface area contributed by atoms with Gasteiger partial charge in [0.1, 0.15) is 9.77 Å². The average Bonchev–Trinajstić information content (AvgIpc) is 3.09. The van der Waals surface area contributed by atoms with Gasteiger partial charge in [0.25, 0.3) is 5.91 Å².